The molecule has 0 saturated carbocycles. The van der Waals surface area contributed by atoms with Crippen LogP contribution in [0.4, 0.5) is 5.69 Å². The molecule has 1 heterocycles. The number of nitrogens with zero attached hydrogens (tertiary/aromatic N) is 2. The van der Waals surface area contributed by atoms with Gasteiger partial charge in [0.25, 0.3) is 5.69 Å². The van der Waals surface area contributed by atoms with Gasteiger partial charge in [0, 0.05) is 44.3 Å². The lowest BCUT2D eigenvalue weighted by atomic mass is 10.2. The summed E-state index contributed by atoms with van der Waals surface area (Å²) in [7, 11) is -2.18. The number of aliphatic carboxylic acids is 1. The third-order valence-corrected chi connectivity index (χ3v) is 5.59. The van der Waals surface area contributed by atoms with E-state index in [0.29, 0.717) is 17.8 Å². The zero-order valence-electron chi connectivity index (χ0n) is 15.0. The molecule has 150 valence electrons. The Kier molecular flexibility index (Phi) is 6.65. The summed E-state index contributed by atoms with van der Waals surface area (Å²) in [5, 5.41) is 19.3. The number of sulfonamides is 1. The molecule has 0 spiro atoms. The van der Waals surface area contributed by atoms with Gasteiger partial charge in [-0.15, -0.1) is 0 Å². The SMILES string of the molecule is Cn1c(CCNS(=O)(=O)c2ccc([N+](=O)[O-])cc2)ccc1C(=O)CCC(=O)O. The number of hydrogen-bond acceptors (Lipinski definition) is 6. The van der Waals surface area contributed by atoms with Crippen LogP contribution in [-0.2, 0) is 28.3 Å². The van der Waals surface area contributed by atoms with Gasteiger partial charge in [-0.2, -0.15) is 0 Å². The van der Waals surface area contributed by atoms with E-state index in [1.165, 1.54) is 0 Å². The summed E-state index contributed by atoms with van der Waals surface area (Å²) in [6.45, 7) is 0.0555. The van der Waals surface area contributed by atoms with E-state index in [1.807, 2.05) is 0 Å². The van der Waals surface area contributed by atoms with Crippen molar-refractivity contribution in [2.24, 2.45) is 7.05 Å². The quantitative estimate of drug-likeness (QED) is 0.343. The molecule has 0 fully saturated rings. The maximum Gasteiger partial charge on any atom is 0.303 e. The van der Waals surface area contributed by atoms with Crippen molar-refractivity contribution in [3.05, 3.63) is 57.9 Å². The van der Waals surface area contributed by atoms with Crippen LogP contribution in [0.2, 0.25) is 0 Å². The molecule has 0 aliphatic rings. The van der Waals surface area contributed by atoms with Gasteiger partial charge in [0.15, 0.2) is 5.78 Å². The summed E-state index contributed by atoms with van der Waals surface area (Å²) in [4.78, 5) is 32.5. The standard InChI is InChI=1S/C17H19N3O7S/c1-19-12(4-7-15(19)16(21)8-9-17(22)23)10-11-18-28(26,27)14-5-2-13(3-6-14)20(24)25/h2-7,18H,8-11H2,1H3,(H,22,23). The Morgan fingerprint density at radius 1 is 1.14 bits per heavy atom. The highest BCUT2D eigenvalue weighted by atomic mass is 32.2. The lowest BCUT2D eigenvalue weighted by molar-refractivity contribution is -0.384. The summed E-state index contributed by atoms with van der Waals surface area (Å²) in [5.41, 5.74) is 0.849. The van der Waals surface area contributed by atoms with Crippen LogP contribution >= 0.6 is 0 Å². The van der Waals surface area contributed by atoms with Crippen molar-refractivity contribution in [2.45, 2.75) is 24.2 Å². The number of ketones is 1. The van der Waals surface area contributed by atoms with Gasteiger partial charge < -0.3 is 9.67 Å². The zero-order valence-corrected chi connectivity index (χ0v) is 15.8. The predicted molar refractivity (Wildman–Crippen MR) is 98.6 cm³/mol. The summed E-state index contributed by atoms with van der Waals surface area (Å²) in [5.74, 6) is -1.36. The fraction of sp³-hybridized carbons (Fsp3) is 0.294. The first-order valence-corrected chi connectivity index (χ1v) is 9.74. The maximum atomic E-state index is 12.3. The molecule has 28 heavy (non-hydrogen) atoms. The molecule has 2 aromatic rings. The molecule has 0 atom stereocenters. The molecule has 1 aromatic carbocycles. The highest BCUT2D eigenvalue weighted by Crippen LogP contribution is 2.16. The number of carbonyl (C=O) groups is 2. The highest BCUT2D eigenvalue weighted by Gasteiger charge is 2.17. The molecule has 0 amide bonds. The van der Waals surface area contributed by atoms with Gasteiger partial charge in [-0.1, -0.05) is 0 Å². The van der Waals surface area contributed by atoms with Crippen LogP contribution in [0.25, 0.3) is 0 Å². The van der Waals surface area contributed by atoms with Crippen molar-refractivity contribution in [1.82, 2.24) is 9.29 Å². The molecule has 11 heteroatoms. The smallest absolute Gasteiger partial charge is 0.303 e. The van der Waals surface area contributed by atoms with Gasteiger partial charge in [-0.25, -0.2) is 13.1 Å². The van der Waals surface area contributed by atoms with Crippen LogP contribution in [0, 0.1) is 10.1 Å². The van der Waals surface area contributed by atoms with Gasteiger partial charge >= 0.3 is 5.97 Å². The average Bonchev–Trinajstić information content (AvgIpc) is 3.00. The Balaban J connectivity index is 1.98. The van der Waals surface area contributed by atoms with Crippen LogP contribution in [0.1, 0.15) is 29.0 Å². The summed E-state index contributed by atoms with van der Waals surface area (Å²) < 4.78 is 28.5. The summed E-state index contributed by atoms with van der Waals surface area (Å²) >= 11 is 0. The number of carboxylic acid groups (broad SMARTS) is 1. The normalized spacial score (nSPS) is 11.3. The van der Waals surface area contributed by atoms with E-state index in [4.69, 9.17) is 5.11 Å². The molecule has 0 bridgehead atoms. The minimum Gasteiger partial charge on any atom is -0.481 e. The molecule has 2 rings (SSSR count). The van der Waals surface area contributed by atoms with Crippen molar-refractivity contribution in [3.8, 4) is 0 Å². The Labute approximate surface area is 161 Å². The number of non-ortho nitro benzene ring substituents is 1. The van der Waals surface area contributed by atoms with Crippen LogP contribution in [0.3, 0.4) is 0 Å². The topological polar surface area (TPSA) is 149 Å². The van der Waals surface area contributed by atoms with E-state index in [9.17, 15) is 28.1 Å². The number of benzene rings is 1. The first-order valence-electron chi connectivity index (χ1n) is 8.25. The van der Waals surface area contributed by atoms with Gasteiger partial charge in [0.1, 0.15) is 0 Å². The number of rotatable bonds is 10. The number of carboxylic acids is 1. The van der Waals surface area contributed by atoms with E-state index in [-0.39, 0.29) is 35.8 Å². The number of carbonyl (C=O) groups excluding carboxylic acids is 1. The minimum absolute atomic E-state index is 0.0555. The summed E-state index contributed by atoms with van der Waals surface area (Å²) in [6, 6.07) is 7.78. The Bertz CT molecular complexity index is 994. The van der Waals surface area contributed by atoms with E-state index < -0.39 is 20.9 Å². The van der Waals surface area contributed by atoms with Crippen molar-refractivity contribution in [1.29, 1.82) is 0 Å². The molecule has 0 saturated heterocycles. The third-order valence-electron chi connectivity index (χ3n) is 4.11. The second-order valence-corrected chi connectivity index (χ2v) is 7.75. The Hall–Kier alpha value is -3.05. The number of Topliss-reactive ketones (excluding diaryl/α,β-unsaturated/α-hetero) is 1. The number of nitro groups is 1. The molecular weight excluding hydrogens is 390 g/mol. The van der Waals surface area contributed by atoms with Gasteiger partial charge in [-0.3, -0.25) is 19.7 Å². The van der Waals surface area contributed by atoms with Crippen LogP contribution in [-0.4, -0.2) is 41.3 Å². The molecular formula is C17H19N3O7S. The maximum absolute atomic E-state index is 12.3. The Morgan fingerprint density at radius 2 is 1.79 bits per heavy atom. The van der Waals surface area contributed by atoms with E-state index >= 15 is 0 Å². The number of aromatic nitrogens is 1. The number of hydrogen-bond donors (Lipinski definition) is 2. The van der Waals surface area contributed by atoms with Crippen molar-refractivity contribution in [3.63, 3.8) is 0 Å². The van der Waals surface area contributed by atoms with Gasteiger partial charge in [-0.05, 0) is 24.3 Å². The van der Waals surface area contributed by atoms with E-state index in [0.717, 1.165) is 24.3 Å². The van der Waals surface area contributed by atoms with Gasteiger partial charge in [0.2, 0.25) is 10.0 Å². The number of nitrogens with one attached hydrogen (secondary N) is 1. The van der Waals surface area contributed by atoms with Crippen LogP contribution in [0.15, 0.2) is 41.3 Å². The van der Waals surface area contributed by atoms with Crippen molar-refractivity contribution < 1.29 is 28.0 Å². The minimum atomic E-state index is -3.83. The second-order valence-electron chi connectivity index (χ2n) is 5.98. The summed E-state index contributed by atoms with van der Waals surface area (Å²) in [6.07, 6.45) is -0.0668. The second kappa shape index (κ2) is 8.76. The fourth-order valence-electron chi connectivity index (χ4n) is 2.58. The van der Waals surface area contributed by atoms with Crippen molar-refractivity contribution in [2.75, 3.05) is 6.54 Å². The van der Waals surface area contributed by atoms with E-state index in [2.05, 4.69) is 4.72 Å². The Morgan fingerprint density at radius 3 is 2.36 bits per heavy atom. The highest BCUT2D eigenvalue weighted by molar-refractivity contribution is 7.89. The molecule has 0 aliphatic heterocycles. The lowest BCUT2D eigenvalue weighted by Gasteiger charge is -2.09. The zero-order chi connectivity index (χ0) is 20.9. The molecule has 2 N–H and O–H groups in total. The number of nitro benzene ring substituents is 1. The monoisotopic (exact) mass is 409 g/mol. The average molecular weight is 409 g/mol. The van der Waals surface area contributed by atoms with Crippen LogP contribution in [0.5, 0.6) is 0 Å². The first-order chi connectivity index (χ1) is 13.1. The lowest BCUT2D eigenvalue weighted by Crippen LogP contribution is -2.26. The van der Waals surface area contributed by atoms with E-state index in [1.54, 1.807) is 23.7 Å². The van der Waals surface area contributed by atoms with Gasteiger partial charge in [0.05, 0.1) is 21.9 Å². The first kappa shape index (κ1) is 21.3. The molecule has 0 aliphatic carbocycles. The molecule has 0 radical (unpaired) electrons. The fourth-order valence-corrected chi connectivity index (χ4v) is 3.61. The molecule has 1 aromatic heterocycles. The predicted octanol–water partition coefficient (Wildman–Crippen LogP) is 1.50. The third kappa shape index (κ3) is 5.24. The van der Waals surface area contributed by atoms with Crippen molar-refractivity contribution >= 4 is 27.5 Å². The van der Waals surface area contributed by atoms with Crippen LogP contribution < -0.4 is 4.72 Å². The largest absolute Gasteiger partial charge is 0.481 e. The molecule has 10 nitrogen and oxygen atoms in total. The molecule has 0 unspecified atom stereocenters.